The van der Waals surface area contributed by atoms with Crippen LogP contribution in [-0.4, -0.2) is 88.3 Å². The first-order valence-corrected chi connectivity index (χ1v) is 13.4. The third-order valence-corrected chi connectivity index (χ3v) is 5.87. The third-order valence-electron chi connectivity index (χ3n) is 5.87. The number of aromatic nitrogens is 2. The molecule has 0 saturated carbocycles. The van der Waals surface area contributed by atoms with E-state index in [0.29, 0.717) is 11.3 Å². The molecular formula is C28H36FN5O7. The zero-order valence-electron chi connectivity index (χ0n) is 23.9. The molecule has 2 amide bonds. The molecule has 41 heavy (non-hydrogen) atoms. The zero-order valence-corrected chi connectivity index (χ0v) is 23.9. The maximum Gasteiger partial charge on any atom is 0.527 e. The Morgan fingerprint density at radius 2 is 1.71 bits per heavy atom. The van der Waals surface area contributed by atoms with Gasteiger partial charge in [-0.15, -0.1) is 5.06 Å². The largest absolute Gasteiger partial charge is 0.527 e. The number of rotatable bonds is 9. The predicted molar refractivity (Wildman–Crippen MR) is 145 cm³/mol. The SMILES string of the molecule is CCOC(=O)ON1CCN(C(=O)[C@H](CCC(=O)OC(C)(C)C)NC(=O)c2cc(C)nc(-c3ccc(F)cc3)n2)CC1. The van der Waals surface area contributed by atoms with Crippen LogP contribution >= 0.6 is 0 Å². The summed E-state index contributed by atoms with van der Waals surface area (Å²) in [6.45, 7) is 9.66. The van der Waals surface area contributed by atoms with Gasteiger partial charge in [0.1, 0.15) is 23.2 Å². The highest BCUT2D eigenvalue weighted by molar-refractivity contribution is 5.96. The van der Waals surface area contributed by atoms with Crippen molar-refractivity contribution in [1.82, 2.24) is 25.2 Å². The van der Waals surface area contributed by atoms with E-state index in [1.54, 1.807) is 34.6 Å². The lowest BCUT2D eigenvalue weighted by atomic mass is 10.1. The highest BCUT2D eigenvalue weighted by Crippen LogP contribution is 2.18. The normalized spacial score (nSPS) is 14.6. The second kappa shape index (κ2) is 14.0. The summed E-state index contributed by atoms with van der Waals surface area (Å²) < 4.78 is 23.5. The minimum absolute atomic E-state index is 0.00604. The quantitative estimate of drug-likeness (QED) is 0.445. The molecule has 0 spiro atoms. The van der Waals surface area contributed by atoms with Crippen LogP contribution in [0.2, 0.25) is 0 Å². The molecule has 12 nitrogen and oxygen atoms in total. The van der Waals surface area contributed by atoms with E-state index in [0.717, 1.165) is 0 Å². The number of hydrogen-bond donors (Lipinski definition) is 1. The Morgan fingerprint density at radius 3 is 2.32 bits per heavy atom. The van der Waals surface area contributed by atoms with Crippen molar-refractivity contribution in [2.24, 2.45) is 0 Å². The summed E-state index contributed by atoms with van der Waals surface area (Å²) in [6, 6.07) is 5.96. The Bertz CT molecular complexity index is 1240. The molecule has 1 aromatic carbocycles. The number of halogens is 1. The van der Waals surface area contributed by atoms with Crippen molar-refractivity contribution in [2.45, 2.75) is 59.1 Å². The predicted octanol–water partition coefficient (Wildman–Crippen LogP) is 3.04. The third kappa shape index (κ3) is 9.78. The van der Waals surface area contributed by atoms with Crippen molar-refractivity contribution in [2.75, 3.05) is 32.8 Å². The van der Waals surface area contributed by atoms with Gasteiger partial charge in [0, 0.05) is 30.8 Å². The van der Waals surface area contributed by atoms with E-state index in [1.165, 1.54) is 40.3 Å². The molecule has 0 radical (unpaired) electrons. The van der Waals surface area contributed by atoms with Crippen LogP contribution in [0.5, 0.6) is 0 Å². The van der Waals surface area contributed by atoms with Crippen molar-refractivity contribution in [1.29, 1.82) is 0 Å². The van der Waals surface area contributed by atoms with E-state index in [9.17, 15) is 23.6 Å². The van der Waals surface area contributed by atoms with E-state index in [4.69, 9.17) is 14.3 Å². The van der Waals surface area contributed by atoms with Crippen molar-refractivity contribution in [3.05, 3.63) is 47.5 Å². The number of carbonyl (C=O) groups excluding carboxylic acids is 4. The van der Waals surface area contributed by atoms with Crippen molar-refractivity contribution in [3.8, 4) is 11.4 Å². The van der Waals surface area contributed by atoms with Crippen LogP contribution in [0.15, 0.2) is 30.3 Å². The average molecular weight is 574 g/mol. The van der Waals surface area contributed by atoms with Gasteiger partial charge in [-0.1, -0.05) is 0 Å². The molecule has 1 N–H and O–H groups in total. The zero-order chi connectivity index (χ0) is 30.2. The molecule has 222 valence electrons. The standard InChI is InChI=1S/C28H36FN5O7/c1-6-39-27(38)41-34-15-13-33(14-16-34)26(37)21(11-12-23(35)40-28(3,4)5)32-25(36)22-17-18(2)30-24(31-22)19-7-9-20(29)10-8-19/h7-10,17,21H,6,11-16H2,1-5H3,(H,32,36)/t21-/m0/s1. The van der Waals surface area contributed by atoms with Gasteiger partial charge in [0.15, 0.2) is 5.82 Å². The number of hydrogen-bond acceptors (Lipinski definition) is 10. The topological polar surface area (TPSA) is 140 Å². The highest BCUT2D eigenvalue weighted by atomic mass is 19.1. The van der Waals surface area contributed by atoms with Crippen LogP contribution in [0.3, 0.4) is 0 Å². The van der Waals surface area contributed by atoms with E-state index < -0.39 is 41.4 Å². The first-order chi connectivity index (χ1) is 19.3. The maximum atomic E-state index is 13.5. The first kappa shape index (κ1) is 31.4. The molecule has 1 aromatic heterocycles. The van der Waals surface area contributed by atoms with Gasteiger partial charge in [-0.05, 0) is 71.4 Å². The Morgan fingerprint density at radius 1 is 1.05 bits per heavy atom. The maximum absolute atomic E-state index is 13.5. The van der Waals surface area contributed by atoms with Gasteiger partial charge in [0.05, 0.1) is 19.7 Å². The molecule has 0 bridgehead atoms. The number of carbonyl (C=O) groups is 4. The molecule has 2 heterocycles. The molecule has 1 aliphatic heterocycles. The number of ether oxygens (including phenoxy) is 2. The Kier molecular flexibility index (Phi) is 10.7. The fourth-order valence-corrected chi connectivity index (χ4v) is 4.03. The molecule has 0 unspecified atom stereocenters. The summed E-state index contributed by atoms with van der Waals surface area (Å²) in [4.78, 5) is 66.1. The molecule has 0 aliphatic carbocycles. The van der Waals surface area contributed by atoms with Crippen LogP contribution in [0, 0.1) is 12.7 Å². The second-order valence-electron chi connectivity index (χ2n) is 10.4. The smallest absolute Gasteiger partial charge is 0.460 e. The van der Waals surface area contributed by atoms with E-state index >= 15 is 0 Å². The van der Waals surface area contributed by atoms with E-state index in [1.807, 2.05) is 0 Å². The fraction of sp³-hybridized carbons (Fsp3) is 0.500. The molecule has 1 fully saturated rings. The van der Waals surface area contributed by atoms with Crippen LogP contribution in [0.25, 0.3) is 11.4 Å². The lowest BCUT2D eigenvalue weighted by Gasteiger charge is -2.35. The minimum atomic E-state index is -1.06. The monoisotopic (exact) mass is 573 g/mol. The van der Waals surface area contributed by atoms with Gasteiger partial charge in [0.2, 0.25) is 5.91 Å². The molecule has 1 aliphatic rings. The van der Waals surface area contributed by atoms with Crippen LogP contribution in [0.4, 0.5) is 9.18 Å². The summed E-state index contributed by atoms with van der Waals surface area (Å²) in [5.74, 6) is -1.73. The van der Waals surface area contributed by atoms with Gasteiger partial charge in [-0.3, -0.25) is 14.4 Å². The van der Waals surface area contributed by atoms with Crippen molar-refractivity contribution in [3.63, 3.8) is 0 Å². The highest BCUT2D eigenvalue weighted by Gasteiger charge is 2.31. The first-order valence-electron chi connectivity index (χ1n) is 13.4. The van der Waals surface area contributed by atoms with Crippen LogP contribution in [-0.2, 0) is 23.9 Å². The molecule has 1 atom stereocenters. The number of aryl methyl sites for hydroxylation is 1. The number of nitrogens with zero attached hydrogens (tertiary/aromatic N) is 4. The van der Waals surface area contributed by atoms with Crippen molar-refractivity contribution < 1.29 is 37.9 Å². The van der Waals surface area contributed by atoms with E-state index in [2.05, 4.69) is 15.3 Å². The fourth-order valence-electron chi connectivity index (χ4n) is 4.03. The lowest BCUT2D eigenvalue weighted by Crippen LogP contribution is -2.55. The van der Waals surface area contributed by atoms with Gasteiger partial charge >= 0.3 is 12.1 Å². The van der Waals surface area contributed by atoms with E-state index in [-0.39, 0.29) is 57.1 Å². The van der Waals surface area contributed by atoms with Crippen LogP contribution in [0.1, 0.15) is 56.7 Å². The Balaban J connectivity index is 1.75. The summed E-state index contributed by atoms with van der Waals surface area (Å²) in [7, 11) is 0. The summed E-state index contributed by atoms with van der Waals surface area (Å²) in [6.07, 6.45) is -0.938. The average Bonchev–Trinajstić information content (AvgIpc) is 2.90. The van der Waals surface area contributed by atoms with Gasteiger partial charge < -0.3 is 24.5 Å². The second-order valence-corrected chi connectivity index (χ2v) is 10.4. The molecular weight excluding hydrogens is 537 g/mol. The Hall–Kier alpha value is -4.13. The number of hydroxylamine groups is 2. The number of piperazine rings is 1. The molecule has 2 aromatic rings. The summed E-state index contributed by atoms with van der Waals surface area (Å²) in [5, 5.41) is 4.12. The minimum Gasteiger partial charge on any atom is -0.460 e. The van der Waals surface area contributed by atoms with Gasteiger partial charge in [-0.25, -0.2) is 19.2 Å². The van der Waals surface area contributed by atoms with Crippen LogP contribution < -0.4 is 5.32 Å². The number of nitrogens with one attached hydrogen (secondary N) is 1. The van der Waals surface area contributed by atoms with Gasteiger partial charge in [0.25, 0.3) is 5.91 Å². The molecule has 1 saturated heterocycles. The van der Waals surface area contributed by atoms with Crippen molar-refractivity contribution >= 4 is 23.9 Å². The summed E-state index contributed by atoms with van der Waals surface area (Å²) >= 11 is 0. The number of benzene rings is 1. The number of amides is 2. The number of esters is 1. The lowest BCUT2D eigenvalue weighted by molar-refractivity contribution is -0.158. The summed E-state index contributed by atoms with van der Waals surface area (Å²) in [5.41, 5.74) is 0.327. The van der Waals surface area contributed by atoms with Gasteiger partial charge in [-0.2, -0.15) is 0 Å². The molecule has 13 heteroatoms. The molecule has 3 rings (SSSR count). The Labute approximate surface area is 238 Å².